The number of aromatic nitrogens is 1. The second-order valence-corrected chi connectivity index (χ2v) is 7.11. The molecule has 0 saturated carbocycles. The van der Waals surface area contributed by atoms with Gasteiger partial charge in [-0.15, -0.1) is 0 Å². The lowest BCUT2D eigenvalue weighted by Crippen LogP contribution is -2.32. The zero-order valence-corrected chi connectivity index (χ0v) is 17.7. The van der Waals surface area contributed by atoms with Crippen LogP contribution in [-0.2, 0) is 11.8 Å². The van der Waals surface area contributed by atoms with Crippen LogP contribution in [0.1, 0.15) is 21.6 Å². The van der Waals surface area contributed by atoms with Crippen LogP contribution in [0.4, 0.5) is 5.69 Å². The first-order valence-electron chi connectivity index (χ1n) is 9.74. The van der Waals surface area contributed by atoms with Crippen LogP contribution in [0.5, 0.6) is 0 Å². The van der Waals surface area contributed by atoms with Crippen molar-refractivity contribution in [1.29, 1.82) is 0 Å². The lowest BCUT2D eigenvalue weighted by atomic mass is 10.1. The van der Waals surface area contributed by atoms with Crippen LogP contribution in [0, 0.1) is 0 Å². The van der Waals surface area contributed by atoms with Gasteiger partial charge in [0.25, 0.3) is 11.8 Å². The van der Waals surface area contributed by atoms with Gasteiger partial charge in [-0.25, -0.2) is 5.43 Å². The van der Waals surface area contributed by atoms with E-state index >= 15 is 0 Å². The fraction of sp³-hybridized carbons (Fsp3) is 0.125. The van der Waals surface area contributed by atoms with Gasteiger partial charge in [-0.2, -0.15) is 5.10 Å². The minimum atomic E-state index is -0.522. The summed E-state index contributed by atoms with van der Waals surface area (Å²) in [7, 11) is 5.79. The van der Waals surface area contributed by atoms with Gasteiger partial charge in [0.15, 0.2) is 0 Å². The minimum absolute atomic E-state index is 0.0930. The van der Waals surface area contributed by atoms with E-state index in [1.54, 1.807) is 36.6 Å². The van der Waals surface area contributed by atoms with Crippen LogP contribution < -0.4 is 15.6 Å². The Morgan fingerprint density at radius 3 is 2.29 bits per heavy atom. The molecule has 3 aromatic rings. The minimum Gasteiger partial charge on any atom is -0.378 e. The number of hydrazone groups is 1. The molecule has 0 spiro atoms. The molecule has 3 rings (SSSR count). The van der Waals surface area contributed by atoms with Gasteiger partial charge in [0.1, 0.15) is 5.70 Å². The molecular weight excluding hydrogens is 390 g/mol. The SMILES string of the molecule is CN(C)c1ccc(/C=C(/NC(=O)c2ccccc2)C(=O)N/N=C/c2cccn2C)cc1. The molecule has 0 atom stereocenters. The molecule has 1 heterocycles. The van der Waals surface area contributed by atoms with Crippen molar-refractivity contribution in [2.75, 3.05) is 19.0 Å². The predicted molar refractivity (Wildman–Crippen MR) is 124 cm³/mol. The van der Waals surface area contributed by atoms with Crippen LogP contribution in [-0.4, -0.2) is 36.7 Å². The molecule has 7 nitrogen and oxygen atoms in total. The molecule has 1 aromatic heterocycles. The van der Waals surface area contributed by atoms with E-state index in [4.69, 9.17) is 0 Å². The molecule has 31 heavy (non-hydrogen) atoms. The molecule has 0 bridgehead atoms. The number of rotatable bonds is 7. The van der Waals surface area contributed by atoms with E-state index in [-0.39, 0.29) is 11.6 Å². The summed E-state index contributed by atoms with van der Waals surface area (Å²) >= 11 is 0. The Morgan fingerprint density at radius 2 is 1.68 bits per heavy atom. The molecular formula is C24H25N5O2. The van der Waals surface area contributed by atoms with Crippen LogP contribution >= 0.6 is 0 Å². The summed E-state index contributed by atoms with van der Waals surface area (Å²) in [6.07, 6.45) is 5.04. The number of hydrogen-bond donors (Lipinski definition) is 2. The number of amides is 2. The van der Waals surface area contributed by atoms with Crippen molar-refractivity contribution in [2.45, 2.75) is 0 Å². The normalized spacial score (nSPS) is 11.4. The van der Waals surface area contributed by atoms with Crippen molar-refractivity contribution in [3.63, 3.8) is 0 Å². The third kappa shape index (κ3) is 5.93. The third-order valence-electron chi connectivity index (χ3n) is 4.60. The van der Waals surface area contributed by atoms with Crippen LogP contribution in [0.2, 0.25) is 0 Å². The van der Waals surface area contributed by atoms with E-state index in [1.165, 1.54) is 0 Å². The maximum Gasteiger partial charge on any atom is 0.287 e. The van der Waals surface area contributed by atoms with Crippen LogP contribution in [0.3, 0.4) is 0 Å². The van der Waals surface area contributed by atoms with Gasteiger partial charge < -0.3 is 14.8 Å². The lowest BCUT2D eigenvalue weighted by molar-refractivity contribution is -0.117. The maximum atomic E-state index is 12.8. The van der Waals surface area contributed by atoms with E-state index in [0.717, 1.165) is 16.9 Å². The van der Waals surface area contributed by atoms with Crippen molar-refractivity contribution >= 4 is 29.8 Å². The third-order valence-corrected chi connectivity index (χ3v) is 4.60. The smallest absolute Gasteiger partial charge is 0.287 e. The highest BCUT2D eigenvalue weighted by atomic mass is 16.2. The molecule has 0 saturated heterocycles. The molecule has 2 amide bonds. The Morgan fingerprint density at radius 1 is 0.968 bits per heavy atom. The Balaban J connectivity index is 1.82. The average Bonchev–Trinajstić information content (AvgIpc) is 3.18. The molecule has 0 aliphatic rings. The van der Waals surface area contributed by atoms with Crippen molar-refractivity contribution in [1.82, 2.24) is 15.3 Å². The quantitative estimate of drug-likeness (QED) is 0.354. The van der Waals surface area contributed by atoms with E-state index in [1.807, 2.05) is 79.3 Å². The fourth-order valence-electron chi connectivity index (χ4n) is 2.80. The van der Waals surface area contributed by atoms with Crippen molar-refractivity contribution in [3.05, 3.63) is 95.4 Å². The number of nitrogens with zero attached hydrogens (tertiary/aromatic N) is 3. The number of aryl methyl sites for hydroxylation is 1. The maximum absolute atomic E-state index is 12.8. The monoisotopic (exact) mass is 415 g/mol. The molecule has 0 unspecified atom stereocenters. The fourth-order valence-corrected chi connectivity index (χ4v) is 2.80. The summed E-state index contributed by atoms with van der Waals surface area (Å²) in [4.78, 5) is 27.4. The summed E-state index contributed by atoms with van der Waals surface area (Å²) < 4.78 is 1.87. The summed E-state index contributed by atoms with van der Waals surface area (Å²) in [6.45, 7) is 0. The van der Waals surface area contributed by atoms with Gasteiger partial charge >= 0.3 is 0 Å². The molecule has 0 aliphatic heterocycles. The number of hydrogen-bond acceptors (Lipinski definition) is 4. The van der Waals surface area contributed by atoms with Gasteiger partial charge in [-0.1, -0.05) is 30.3 Å². The highest BCUT2D eigenvalue weighted by molar-refractivity contribution is 6.05. The summed E-state index contributed by atoms with van der Waals surface area (Å²) in [5.41, 5.74) is 5.67. The summed E-state index contributed by atoms with van der Waals surface area (Å²) in [5.74, 6) is -0.898. The molecule has 2 aromatic carbocycles. The van der Waals surface area contributed by atoms with Crippen LogP contribution in [0.25, 0.3) is 6.08 Å². The first-order chi connectivity index (χ1) is 14.9. The number of nitrogens with one attached hydrogen (secondary N) is 2. The zero-order chi connectivity index (χ0) is 22.2. The van der Waals surface area contributed by atoms with Gasteiger partial charge in [-0.05, 0) is 48.0 Å². The second-order valence-electron chi connectivity index (χ2n) is 7.11. The predicted octanol–water partition coefficient (Wildman–Crippen LogP) is 3.01. The number of carbonyl (C=O) groups is 2. The van der Waals surface area contributed by atoms with E-state index in [0.29, 0.717) is 5.56 Å². The van der Waals surface area contributed by atoms with Gasteiger partial charge in [0, 0.05) is 38.6 Å². The Kier molecular flexibility index (Phi) is 7.01. The molecule has 2 N–H and O–H groups in total. The first-order valence-corrected chi connectivity index (χ1v) is 9.74. The largest absolute Gasteiger partial charge is 0.378 e. The van der Waals surface area contributed by atoms with Crippen LogP contribution in [0.15, 0.2) is 83.7 Å². The Labute approximate surface area is 181 Å². The van der Waals surface area contributed by atoms with E-state index in [2.05, 4.69) is 15.8 Å². The number of carbonyl (C=O) groups excluding carboxylic acids is 2. The van der Waals surface area contributed by atoms with Crippen molar-refractivity contribution < 1.29 is 9.59 Å². The van der Waals surface area contributed by atoms with E-state index in [9.17, 15) is 9.59 Å². The van der Waals surface area contributed by atoms with Crippen molar-refractivity contribution in [3.8, 4) is 0 Å². The zero-order valence-electron chi connectivity index (χ0n) is 17.7. The average molecular weight is 415 g/mol. The topological polar surface area (TPSA) is 78.7 Å². The van der Waals surface area contributed by atoms with E-state index < -0.39 is 5.91 Å². The first kappa shape index (κ1) is 21.6. The van der Waals surface area contributed by atoms with Crippen molar-refractivity contribution in [2.24, 2.45) is 12.1 Å². The molecule has 0 aliphatic carbocycles. The van der Waals surface area contributed by atoms with Gasteiger partial charge in [0.2, 0.25) is 0 Å². The highest BCUT2D eigenvalue weighted by Crippen LogP contribution is 2.14. The Bertz CT molecular complexity index is 1100. The number of anilines is 1. The number of benzene rings is 2. The molecule has 0 radical (unpaired) electrons. The van der Waals surface area contributed by atoms with Gasteiger partial charge in [-0.3, -0.25) is 9.59 Å². The summed E-state index contributed by atoms with van der Waals surface area (Å²) in [5, 5.41) is 6.70. The molecule has 7 heteroatoms. The van der Waals surface area contributed by atoms with Gasteiger partial charge in [0.05, 0.1) is 11.9 Å². The second kappa shape index (κ2) is 10.1. The highest BCUT2D eigenvalue weighted by Gasteiger charge is 2.14. The summed E-state index contributed by atoms with van der Waals surface area (Å²) in [6, 6.07) is 20.1. The Hall–Kier alpha value is -4.13. The molecule has 0 fully saturated rings. The lowest BCUT2D eigenvalue weighted by Gasteiger charge is -2.12. The molecule has 158 valence electrons. The standard InChI is InChI=1S/C24H25N5O2/c1-28(2)20-13-11-18(12-14-20)16-22(26-23(30)19-8-5-4-6-9-19)24(31)27-25-17-21-10-7-15-29(21)3/h4-17H,1-3H3,(H,26,30)(H,27,31)/b22-16+,25-17+.